The SMILES string of the molecule is Cc1sc2ncn(CC(=O)N3CCCC3)c(=O)c2c1-c1ccccc1F. The topological polar surface area (TPSA) is 55.2 Å². The van der Waals surface area contributed by atoms with Crippen molar-refractivity contribution < 1.29 is 9.18 Å². The first-order chi connectivity index (χ1) is 12.6. The van der Waals surface area contributed by atoms with Gasteiger partial charge in [-0.3, -0.25) is 14.2 Å². The van der Waals surface area contributed by atoms with Crippen LogP contribution in [0.25, 0.3) is 21.3 Å². The molecule has 2 aromatic heterocycles. The van der Waals surface area contributed by atoms with E-state index < -0.39 is 0 Å². The second-order valence-electron chi connectivity index (χ2n) is 6.46. The summed E-state index contributed by atoms with van der Waals surface area (Å²) in [6.45, 7) is 3.29. The molecule has 0 N–H and O–H groups in total. The maximum atomic E-state index is 14.3. The molecule has 0 radical (unpaired) electrons. The molecule has 1 fully saturated rings. The number of carbonyl (C=O) groups excluding carboxylic acids is 1. The highest BCUT2D eigenvalue weighted by atomic mass is 32.1. The van der Waals surface area contributed by atoms with E-state index in [-0.39, 0.29) is 23.8 Å². The van der Waals surface area contributed by atoms with Gasteiger partial charge in [-0.05, 0) is 25.8 Å². The van der Waals surface area contributed by atoms with Gasteiger partial charge in [-0.2, -0.15) is 0 Å². The van der Waals surface area contributed by atoms with Crippen LogP contribution in [0.15, 0.2) is 35.4 Å². The minimum absolute atomic E-state index is 0.0343. The largest absolute Gasteiger partial charge is 0.341 e. The number of thiophene rings is 1. The van der Waals surface area contributed by atoms with Crippen LogP contribution in [0.1, 0.15) is 17.7 Å². The standard InChI is InChI=1S/C19H18FN3O2S/c1-12-16(13-6-2-3-7-14(13)20)17-18(26-12)21-11-23(19(17)25)10-15(24)22-8-4-5-9-22/h2-3,6-7,11H,4-5,8-10H2,1H3. The van der Waals surface area contributed by atoms with Crippen molar-refractivity contribution in [2.45, 2.75) is 26.3 Å². The molecule has 1 aliphatic rings. The van der Waals surface area contributed by atoms with E-state index in [1.807, 2.05) is 6.92 Å². The number of nitrogens with zero attached hydrogens (tertiary/aromatic N) is 3. The van der Waals surface area contributed by atoms with Crippen LogP contribution in [-0.4, -0.2) is 33.4 Å². The zero-order valence-corrected chi connectivity index (χ0v) is 15.2. The van der Waals surface area contributed by atoms with Crippen molar-refractivity contribution in [3.63, 3.8) is 0 Å². The first-order valence-corrected chi connectivity index (χ1v) is 9.39. The van der Waals surface area contributed by atoms with E-state index in [1.165, 1.54) is 28.3 Å². The molecule has 1 aromatic carbocycles. The Labute approximate surface area is 153 Å². The summed E-state index contributed by atoms with van der Waals surface area (Å²) in [5.41, 5.74) is 0.660. The maximum absolute atomic E-state index is 14.3. The number of aryl methyl sites for hydroxylation is 1. The second-order valence-corrected chi connectivity index (χ2v) is 7.66. The van der Waals surface area contributed by atoms with Crippen LogP contribution in [0.2, 0.25) is 0 Å². The van der Waals surface area contributed by atoms with Crippen molar-refractivity contribution >= 4 is 27.5 Å². The first-order valence-electron chi connectivity index (χ1n) is 8.57. The van der Waals surface area contributed by atoms with Crippen LogP contribution < -0.4 is 5.56 Å². The molecule has 0 saturated carbocycles. The molecule has 3 heterocycles. The average Bonchev–Trinajstić information content (AvgIpc) is 3.26. The number of rotatable bonds is 3. The number of aromatic nitrogens is 2. The van der Waals surface area contributed by atoms with E-state index in [9.17, 15) is 14.0 Å². The lowest BCUT2D eigenvalue weighted by Crippen LogP contribution is -2.34. The van der Waals surface area contributed by atoms with Gasteiger partial charge in [0, 0.05) is 29.1 Å². The summed E-state index contributed by atoms with van der Waals surface area (Å²) in [5, 5.41) is 0.384. The van der Waals surface area contributed by atoms with E-state index in [1.54, 1.807) is 23.1 Å². The Morgan fingerprint density at radius 1 is 1.27 bits per heavy atom. The van der Waals surface area contributed by atoms with Crippen LogP contribution in [0, 0.1) is 12.7 Å². The summed E-state index contributed by atoms with van der Waals surface area (Å²) in [4.78, 5) is 32.9. The summed E-state index contributed by atoms with van der Waals surface area (Å²) in [6, 6.07) is 6.40. The number of hydrogen-bond donors (Lipinski definition) is 0. The molecule has 134 valence electrons. The zero-order chi connectivity index (χ0) is 18.3. The van der Waals surface area contributed by atoms with Gasteiger partial charge < -0.3 is 4.90 Å². The molecule has 4 rings (SSSR count). The summed E-state index contributed by atoms with van der Waals surface area (Å²) in [6.07, 6.45) is 3.41. The Morgan fingerprint density at radius 2 is 2.00 bits per heavy atom. The van der Waals surface area contributed by atoms with Gasteiger partial charge in [0.05, 0.1) is 11.7 Å². The fourth-order valence-electron chi connectivity index (χ4n) is 3.45. The quantitative estimate of drug-likeness (QED) is 0.710. The van der Waals surface area contributed by atoms with Gasteiger partial charge in [-0.15, -0.1) is 11.3 Å². The first kappa shape index (κ1) is 16.9. The predicted molar refractivity (Wildman–Crippen MR) is 99.8 cm³/mol. The number of fused-ring (bicyclic) bond motifs is 1. The van der Waals surface area contributed by atoms with Crippen LogP contribution in [-0.2, 0) is 11.3 Å². The zero-order valence-electron chi connectivity index (χ0n) is 14.4. The summed E-state index contributed by atoms with van der Waals surface area (Å²) >= 11 is 1.36. The smallest absolute Gasteiger partial charge is 0.263 e. The maximum Gasteiger partial charge on any atom is 0.263 e. The van der Waals surface area contributed by atoms with E-state index in [0.717, 1.165) is 30.8 Å². The van der Waals surface area contributed by atoms with Crippen LogP contribution in [0.5, 0.6) is 0 Å². The molecule has 5 nitrogen and oxygen atoms in total. The van der Waals surface area contributed by atoms with Crippen molar-refractivity contribution in [2.24, 2.45) is 0 Å². The number of hydrogen-bond acceptors (Lipinski definition) is 4. The molecule has 0 spiro atoms. The lowest BCUT2D eigenvalue weighted by atomic mass is 10.0. The molecular weight excluding hydrogens is 353 g/mol. The van der Waals surface area contributed by atoms with Gasteiger partial charge in [-0.1, -0.05) is 18.2 Å². The predicted octanol–water partition coefficient (Wildman–Crippen LogP) is 3.19. The fraction of sp³-hybridized carbons (Fsp3) is 0.316. The van der Waals surface area contributed by atoms with Crippen molar-refractivity contribution in [1.29, 1.82) is 0 Å². The highest BCUT2D eigenvalue weighted by molar-refractivity contribution is 7.19. The Balaban J connectivity index is 1.82. The third-order valence-electron chi connectivity index (χ3n) is 4.76. The Bertz CT molecular complexity index is 1050. The van der Waals surface area contributed by atoms with Gasteiger partial charge in [-0.25, -0.2) is 9.37 Å². The lowest BCUT2D eigenvalue weighted by molar-refractivity contribution is -0.130. The van der Waals surface area contributed by atoms with Crippen molar-refractivity contribution in [2.75, 3.05) is 13.1 Å². The Morgan fingerprint density at radius 3 is 2.73 bits per heavy atom. The van der Waals surface area contributed by atoms with E-state index in [2.05, 4.69) is 4.98 Å². The highest BCUT2D eigenvalue weighted by Crippen LogP contribution is 2.36. The van der Waals surface area contributed by atoms with Gasteiger partial charge in [0.1, 0.15) is 17.2 Å². The number of carbonyl (C=O) groups is 1. The lowest BCUT2D eigenvalue weighted by Gasteiger charge is -2.15. The molecule has 0 atom stereocenters. The average molecular weight is 371 g/mol. The second kappa shape index (κ2) is 6.64. The molecule has 1 aliphatic heterocycles. The molecule has 1 saturated heterocycles. The molecule has 26 heavy (non-hydrogen) atoms. The molecule has 1 amide bonds. The minimum Gasteiger partial charge on any atom is -0.341 e. The molecule has 7 heteroatoms. The van der Waals surface area contributed by atoms with Gasteiger partial charge in [0.2, 0.25) is 5.91 Å². The Kier molecular flexibility index (Phi) is 4.32. The van der Waals surface area contributed by atoms with Gasteiger partial charge in [0.25, 0.3) is 5.56 Å². The fourth-order valence-corrected chi connectivity index (χ4v) is 4.45. The molecule has 0 aliphatic carbocycles. The van der Waals surface area contributed by atoms with Crippen molar-refractivity contribution in [1.82, 2.24) is 14.5 Å². The summed E-state index contributed by atoms with van der Waals surface area (Å²) < 4.78 is 15.7. The third kappa shape index (κ3) is 2.82. The van der Waals surface area contributed by atoms with Crippen molar-refractivity contribution in [3.8, 4) is 11.1 Å². The number of amides is 1. The minimum atomic E-state index is -0.377. The summed E-state index contributed by atoms with van der Waals surface area (Å²) in [7, 11) is 0. The third-order valence-corrected chi connectivity index (χ3v) is 5.78. The highest BCUT2D eigenvalue weighted by Gasteiger charge is 2.22. The van der Waals surface area contributed by atoms with Crippen LogP contribution >= 0.6 is 11.3 Å². The Hall–Kier alpha value is -2.54. The molecular formula is C19H18FN3O2S. The van der Waals surface area contributed by atoms with Gasteiger partial charge >= 0.3 is 0 Å². The van der Waals surface area contributed by atoms with Crippen LogP contribution in [0.3, 0.4) is 0 Å². The van der Waals surface area contributed by atoms with E-state index in [4.69, 9.17) is 0 Å². The van der Waals surface area contributed by atoms with Gasteiger partial charge in [0.15, 0.2) is 0 Å². The monoisotopic (exact) mass is 371 g/mol. The number of likely N-dealkylation sites (tertiary alicyclic amines) is 1. The molecule has 3 aromatic rings. The molecule has 0 bridgehead atoms. The van der Waals surface area contributed by atoms with Crippen LogP contribution in [0.4, 0.5) is 4.39 Å². The molecule has 0 unspecified atom stereocenters. The normalized spacial score (nSPS) is 14.3. The number of benzene rings is 1. The number of halogens is 1. The van der Waals surface area contributed by atoms with Crippen molar-refractivity contribution in [3.05, 3.63) is 51.6 Å². The van der Waals surface area contributed by atoms with E-state index >= 15 is 0 Å². The van der Waals surface area contributed by atoms with E-state index in [0.29, 0.717) is 21.3 Å². The summed E-state index contributed by atoms with van der Waals surface area (Å²) in [5.74, 6) is -0.455.